The third kappa shape index (κ3) is 1.46. The second-order valence-electron chi connectivity index (χ2n) is 2.93. The maximum absolute atomic E-state index is 11.2. The van der Waals surface area contributed by atoms with Crippen LogP contribution in [0, 0.1) is 0 Å². The fourth-order valence-electron chi connectivity index (χ4n) is 1.32. The van der Waals surface area contributed by atoms with Crippen molar-refractivity contribution in [3.05, 3.63) is 29.6 Å². The van der Waals surface area contributed by atoms with Gasteiger partial charge in [-0.2, -0.15) is 0 Å². The summed E-state index contributed by atoms with van der Waals surface area (Å²) in [5.41, 5.74) is 2.19. The van der Waals surface area contributed by atoms with Gasteiger partial charge in [-0.1, -0.05) is 6.08 Å². The molecule has 0 atom stereocenters. The summed E-state index contributed by atoms with van der Waals surface area (Å²) < 4.78 is 4.60. The Kier molecular flexibility index (Phi) is 2.18. The Balaban J connectivity index is 2.39. The first-order valence-corrected chi connectivity index (χ1v) is 4.30. The topological polar surface area (TPSA) is 51.2 Å². The Morgan fingerprint density at radius 2 is 2.50 bits per heavy atom. The van der Waals surface area contributed by atoms with Crippen LogP contribution in [0.4, 0.5) is 5.69 Å². The van der Waals surface area contributed by atoms with Gasteiger partial charge in [-0.3, -0.25) is 4.98 Å². The fourth-order valence-corrected chi connectivity index (χ4v) is 1.32. The van der Waals surface area contributed by atoms with Gasteiger partial charge in [0.1, 0.15) is 0 Å². The number of hydrogen-bond acceptors (Lipinski definition) is 4. The van der Waals surface area contributed by atoms with Crippen molar-refractivity contribution in [2.24, 2.45) is 0 Å². The van der Waals surface area contributed by atoms with E-state index >= 15 is 0 Å². The van der Waals surface area contributed by atoms with Crippen LogP contribution in [0.5, 0.6) is 0 Å². The van der Waals surface area contributed by atoms with Crippen molar-refractivity contribution in [1.29, 1.82) is 0 Å². The number of carbonyl (C=O) groups is 1. The van der Waals surface area contributed by atoms with Gasteiger partial charge in [-0.15, -0.1) is 0 Å². The van der Waals surface area contributed by atoms with Gasteiger partial charge in [0.2, 0.25) is 0 Å². The number of methoxy groups -OCH3 is 1. The summed E-state index contributed by atoms with van der Waals surface area (Å²) in [6.07, 6.45) is 5.42. The zero-order valence-electron chi connectivity index (χ0n) is 7.78. The molecule has 1 aromatic heterocycles. The van der Waals surface area contributed by atoms with Crippen molar-refractivity contribution in [2.45, 2.75) is 0 Å². The Morgan fingerprint density at radius 1 is 1.64 bits per heavy atom. The van der Waals surface area contributed by atoms with Gasteiger partial charge in [-0.25, -0.2) is 4.79 Å². The molecular formula is C10H10N2O2. The Morgan fingerprint density at radius 3 is 3.29 bits per heavy atom. The van der Waals surface area contributed by atoms with E-state index in [2.05, 4.69) is 15.0 Å². The molecule has 0 aromatic carbocycles. The first-order valence-electron chi connectivity index (χ1n) is 4.30. The average Bonchev–Trinajstić information content (AvgIpc) is 2.27. The lowest BCUT2D eigenvalue weighted by molar-refractivity contribution is 0.0600. The molecule has 4 nitrogen and oxygen atoms in total. The van der Waals surface area contributed by atoms with Crippen molar-refractivity contribution < 1.29 is 9.53 Å². The van der Waals surface area contributed by atoms with Gasteiger partial charge in [0.25, 0.3) is 0 Å². The number of pyridine rings is 1. The highest BCUT2D eigenvalue weighted by molar-refractivity contribution is 5.90. The van der Waals surface area contributed by atoms with Crippen LogP contribution in [0.1, 0.15) is 16.1 Å². The number of esters is 1. The van der Waals surface area contributed by atoms with Crippen LogP contribution in [0.25, 0.3) is 6.08 Å². The smallest absolute Gasteiger partial charge is 0.339 e. The van der Waals surface area contributed by atoms with Crippen LogP contribution >= 0.6 is 0 Å². The molecule has 2 heterocycles. The number of nitrogens with zero attached hydrogens (tertiary/aromatic N) is 1. The van der Waals surface area contributed by atoms with Gasteiger partial charge in [-0.05, 0) is 12.1 Å². The molecule has 72 valence electrons. The molecule has 0 saturated heterocycles. The molecule has 0 saturated carbocycles. The Bertz CT molecular complexity index is 399. The molecule has 0 aliphatic carbocycles. The van der Waals surface area contributed by atoms with Crippen LogP contribution in [0.3, 0.4) is 0 Å². The maximum atomic E-state index is 11.2. The SMILES string of the molecule is COC(=O)c1cnc2c(c1)NCC=C2. The molecule has 1 aromatic rings. The highest BCUT2D eigenvalue weighted by atomic mass is 16.5. The summed E-state index contributed by atoms with van der Waals surface area (Å²) in [6, 6.07) is 1.75. The van der Waals surface area contributed by atoms with E-state index in [0.717, 1.165) is 17.9 Å². The molecule has 0 spiro atoms. The van der Waals surface area contributed by atoms with E-state index in [1.54, 1.807) is 6.07 Å². The third-order valence-corrected chi connectivity index (χ3v) is 2.03. The number of nitrogens with one attached hydrogen (secondary N) is 1. The monoisotopic (exact) mass is 190 g/mol. The highest BCUT2D eigenvalue weighted by Crippen LogP contribution is 2.19. The van der Waals surface area contributed by atoms with E-state index in [9.17, 15) is 4.79 Å². The standard InChI is InChI=1S/C10H10N2O2/c1-14-10(13)7-5-9-8(12-6-7)3-2-4-11-9/h2-3,5-6,11H,4H2,1H3. The molecular weight excluding hydrogens is 180 g/mol. The Labute approximate surface area is 81.6 Å². The number of hydrogen-bond donors (Lipinski definition) is 1. The van der Waals surface area contributed by atoms with Gasteiger partial charge in [0, 0.05) is 12.7 Å². The molecule has 0 bridgehead atoms. The van der Waals surface area contributed by atoms with Gasteiger partial charge >= 0.3 is 5.97 Å². The van der Waals surface area contributed by atoms with E-state index < -0.39 is 0 Å². The zero-order valence-corrected chi connectivity index (χ0v) is 7.78. The molecule has 1 aliphatic rings. The van der Waals surface area contributed by atoms with Crippen LogP contribution in [0.2, 0.25) is 0 Å². The maximum Gasteiger partial charge on any atom is 0.339 e. The minimum atomic E-state index is -0.364. The molecule has 0 unspecified atom stereocenters. The number of ether oxygens (including phenoxy) is 1. The quantitative estimate of drug-likeness (QED) is 0.678. The van der Waals surface area contributed by atoms with Gasteiger partial charge < -0.3 is 10.1 Å². The van der Waals surface area contributed by atoms with E-state index in [1.165, 1.54) is 13.3 Å². The fraction of sp³-hybridized carbons (Fsp3) is 0.200. The number of rotatable bonds is 1. The molecule has 4 heteroatoms. The number of fused-ring (bicyclic) bond motifs is 1. The van der Waals surface area contributed by atoms with Crippen molar-refractivity contribution in [1.82, 2.24) is 4.98 Å². The summed E-state index contributed by atoms with van der Waals surface area (Å²) in [4.78, 5) is 15.3. The first kappa shape index (κ1) is 8.74. The predicted octanol–water partition coefficient (Wildman–Crippen LogP) is 1.31. The van der Waals surface area contributed by atoms with Crippen molar-refractivity contribution in [2.75, 3.05) is 19.0 Å². The summed E-state index contributed by atoms with van der Waals surface area (Å²) in [6.45, 7) is 0.763. The molecule has 0 amide bonds. The average molecular weight is 190 g/mol. The van der Waals surface area contributed by atoms with Crippen LogP contribution in [-0.4, -0.2) is 24.6 Å². The lowest BCUT2D eigenvalue weighted by Gasteiger charge is -2.12. The molecule has 1 aliphatic heterocycles. The molecule has 14 heavy (non-hydrogen) atoms. The number of aromatic nitrogens is 1. The Hall–Kier alpha value is -1.84. The lowest BCUT2D eigenvalue weighted by atomic mass is 10.1. The highest BCUT2D eigenvalue weighted by Gasteiger charge is 2.10. The minimum Gasteiger partial charge on any atom is -0.465 e. The van der Waals surface area contributed by atoms with E-state index in [-0.39, 0.29) is 5.97 Å². The van der Waals surface area contributed by atoms with Crippen LogP contribution in [-0.2, 0) is 4.74 Å². The van der Waals surface area contributed by atoms with E-state index in [4.69, 9.17) is 0 Å². The van der Waals surface area contributed by atoms with Crippen molar-refractivity contribution in [3.63, 3.8) is 0 Å². The molecule has 0 radical (unpaired) electrons. The summed E-state index contributed by atoms with van der Waals surface area (Å²) in [5.74, 6) is -0.364. The summed E-state index contributed by atoms with van der Waals surface area (Å²) >= 11 is 0. The molecule has 0 fully saturated rings. The largest absolute Gasteiger partial charge is 0.465 e. The number of anilines is 1. The predicted molar refractivity (Wildman–Crippen MR) is 53.1 cm³/mol. The second kappa shape index (κ2) is 3.49. The number of carbonyl (C=O) groups excluding carboxylic acids is 1. The van der Waals surface area contributed by atoms with Gasteiger partial charge in [0.15, 0.2) is 0 Å². The van der Waals surface area contributed by atoms with Crippen LogP contribution in [0.15, 0.2) is 18.3 Å². The minimum absolute atomic E-state index is 0.364. The zero-order chi connectivity index (χ0) is 9.97. The second-order valence-corrected chi connectivity index (χ2v) is 2.93. The van der Waals surface area contributed by atoms with Crippen LogP contribution < -0.4 is 5.32 Å². The van der Waals surface area contributed by atoms with Gasteiger partial charge in [0.05, 0.1) is 24.1 Å². The third-order valence-electron chi connectivity index (χ3n) is 2.03. The normalized spacial score (nSPS) is 12.9. The molecule has 1 N–H and O–H groups in total. The first-order chi connectivity index (χ1) is 6.81. The molecule has 2 rings (SSSR count). The van der Waals surface area contributed by atoms with E-state index in [0.29, 0.717) is 5.56 Å². The lowest BCUT2D eigenvalue weighted by Crippen LogP contribution is -2.09. The van der Waals surface area contributed by atoms with E-state index in [1.807, 2.05) is 12.2 Å². The van der Waals surface area contributed by atoms with Crippen molar-refractivity contribution in [3.8, 4) is 0 Å². The summed E-state index contributed by atoms with van der Waals surface area (Å²) in [7, 11) is 1.36. The summed E-state index contributed by atoms with van der Waals surface area (Å²) in [5, 5.41) is 3.12. The van der Waals surface area contributed by atoms with Crippen molar-refractivity contribution >= 4 is 17.7 Å².